The first kappa shape index (κ1) is 32.8. The summed E-state index contributed by atoms with van der Waals surface area (Å²) in [4.78, 5) is 82.5. The van der Waals surface area contributed by atoms with Gasteiger partial charge < -0.3 is 0 Å². The Balaban J connectivity index is 1.49. The van der Waals surface area contributed by atoms with Crippen LogP contribution in [0.4, 0.5) is 0 Å². The van der Waals surface area contributed by atoms with Crippen LogP contribution in [0.15, 0.2) is 115 Å². The zero-order chi connectivity index (χ0) is 33.8. The number of carbonyl (C=O) groups is 6. The minimum absolute atomic E-state index is 0.0706. The standard InChI is InChI=1S/C36H27NO10Te/c1-21(38)44-36-30(46-34(42)23-15-7-3-8-16-23)28(45-33(41)22-13-5-2-6-14-22)27(29(47-36)35(43)48-24-17-9-4-10-18-24)37-31(39)25-19-11-12-20-26(25)32(37)40/h2-20,27-30,36H,1H3/t27-,28-,29-,30+,36+/m0/s1. The van der Waals surface area contributed by atoms with E-state index < -0.39 is 85.1 Å². The second-order valence-corrected chi connectivity index (χ2v) is 13.8. The molecule has 0 bridgehead atoms. The average Bonchev–Trinajstić information content (AvgIpc) is 3.35. The van der Waals surface area contributed by atoms with E-state index in [9.17, 15) is 28.8 Å². The Bertz CT molecular complexity index is 1830. The van der Waals surface area contributed by atoms with E-state index >= 15 is 0 Å². The quantitative estimate of drug-likeness (QED) is 0.108. The topological polar surface area (TPSA) is 143 Å². The van der Waals surface area contributed by atoms with Gasteiger partial charge in [-0.05, 0) is 0 Å². The zero-order valence-corrected chi connectivity index (χ0v) is 27.6. The van der Waals surface area contributed by atoms with Crippen LogP contribution in [0.1, 0.15) is 48.4 Å². The molecule has 2 amide bonds. The van der Waals surface area contributed by atoms with Gasteiger partial charge in [-0.25, -0.2) is 0 Å². The predicted molar refractivity (Wildman–Crippen MR) is 169 cm³/mol. The monoisotopic (exact) mass is 763 g/mol. The van der Waals surface area contributed by atoms with Gasteiger partial charge in [-0.3, -0.25) is 0 Å². The molecule has 6 rings (SSSR count). The maximum atomic E-state index is 14.2. The van der Waals surface area contributed by atoms with E-state index in [2.05, 4.69) is 0 Å². The molecule has 2 aliphatic heterocycles. The summed E-state index contributed by atoms with van der Waals surface area (Å²) in [6.07, 6.45) is -6.82. The van der Waals surface area contributed by atoms with Crippen molar-refractivity contribution >= 4 is 58.1 Å². The second kappa shape index (κ2) is 14.3. The molecule has 1 fully saturated rings. The molecule has 48 heavy (non-hydrogen) atoms. The zero-order valence-electron chi connectivity index (χ0n) is 25.3. The summed E-state index contributed by atoms with van der Waals surface area (Å²) in [6, 6.07) is 29.1. The van der Waals surface area contributed by atoms with Crippen LogP contribution in [0.5, 0.6) is 0 Å². The number of amides is 2. The fraction of sp³-hybridized carbons (Fsp3) is 0.167. The number of nitrogens with zero attached hydrogens (tertiary/aromatic N) is 1. The summed E-state index contributed by atoms with van der Waals surface area (Å²) in [5.74, 6) is -4.17. The van der Waals surface area contributed by atoms with Crippen LogP contribution in [-0.2, 0) is 28.5 Å². The fourth-order valence-corrected chi connectivity index (χ4v) is 7.88. The Hall–Kier alpha value is -5.15. The summed E-state index contributed by atoms with van der Waals surface area (Å²) in [7, 11) is 0. The predicted octanol–water partition coefficient (Wildman–Crippen LogP) is 2.95. The van der Waals surface area contributed by atoms with Gasteiger partial charge >= 0.3 is 286 Å². The number of carbonyl (C=O) groups excluding carboxylic acids is 6. The van der Waals surface area contributed by atoms with Crippen LogP contribution in [0, 0.1) is 0 Å². The van der Waals surface area contributed by atoms with Crippen LogP contribution in [-0.4, -0.2) is 90.0 Å². The average molecular weight is 761 g/mol. The summed E-state index contributed by atoms with van der Waals surface area (Å²) in [5, 5.41) is 0. The molecule has 0 N–H and O–H groups in total. The summed E-state index contributed by atoms with van der Waals surface area (Å²) >= 11 is -1.72. The van der Waals surface area contributed by atoms with Crippen molar-refractivity contribution in [2.24, 2.45) is 0 Å². The van der Waals surface area contributed by atoms with Gasteiger partial charge in [0.05, 0.1) is 0 Å². The van der Waals surface area contributed by atoms with Gasteiger partial charge in [0.25, 0.3) is 0 Å². The Morgan fingerprint density at radius 3 is 1.58 bits per heavy atom. The van der Waals surface area contributed by atoms with Crippen LogP contribution >= 0.6 is 0 Å². The Kier molecular flexibility index (Phi) is 9.77. The molecular weight excluding hydrogens is 734 g/mol. The molecule has 1 saturated heterocycles. The van der Waals surface area contributed by atoms with E-state index in [4.69, 9.17) is 18.9 Å². The fourth-order valence-electron chi connectivity index (χ4n) is 5.49. The van der Waals surface area contributed by atoms with Gasteiger partial charge in [0, 0.05) is 0 Å². The molecule has 2 heterocycles. The van der Waals surface area contributed by atoms with Gasteiger partial charge in [0.15, 0.2) is 0 Å². The molecule has 5 atom stereocenters. The first-order valence-electron chi connectivity index (χ1n) is 14.8. The van der Waals surface area contributed by atoms with E-state index in [1.54, 1.807) is 78.9 Å². The van der Waals surface area contributed by atoms with Gasteiger partial charge in [-0.2, -0.15) is 0 Å². The third kappa shape index (κ3) is 6.78. The van der Waals surface area contributed by atoms with Crippen molar-refractivity contribution in [3.8, 4) is 0 Å². The van der Waals surface area contributed by atoms with Crippen LogP contribution in [0.3, 0.4) is 0 Å². The summed E-state index contributed by atoms with van der Waals surface area (Å²) in [5.41, 5.74) is 0.351. The molecule has 11 nitrogen and oxygen atoms in total. The van der Waals surface area contributed by atoms with Gasteiger partial charge in [0.1, 0.15) is 0 Å². The molecule has 2 aliphatic rings. The Morgan fingerprint density at radius 1 is 0.625 bits per heavy atom. The number of fused-ring (bicyclic) bond motifs is 1. The number of hydrogen-bond donors (Lipinski definition) is 0. The van der Waals surface area contributed by atoms with Crippen molar-refractivity contribution in [1.82, 2.24) is 4.90 Å². The maximum absolute atomic E-state index is 14.2. The minimum atomic E-state index is -1.76. The van der Waals surface area contributed by atoms with Crippen molar-refractivity contribution in [2.75, 3.05) is 0 Å². The van der Waals surface area contributed by atoms with Crippen molar-refractivity contribution in [3.63, 3.8) is 0 Å². The van der Waals surface area contributed by atoms with Crippen molar-refractivity contribution in [2.45, 2.75) is 37.6 Å². The van der Waals surface area contributed by atoms with E-state index in [0.29, 0.717) is 0 Å². The normalized spacial score (nSPS) is 21.6. The molecule has 0 aliphatic carbocycles. The molecule has 0 aromatic heterocycles. The van der Waals surface area contributed by atoms with Crippen LogP contribution < -0.4 is 3.61 Å². The van der Waals surface area contributed by atoms with Crippen LogP contribution in [0.25, 0.3) is 0 Å². The van der Waals surface area contributed by atoms with Gasteiger partial charge in [-0.1, -0.05) is 0 Å². The van der Waals surface area contributed by atoms with Crippen molar-refractivity contribution in [1.29, 1.82) is 0 Å². The molecule has 0 radical (unpaired) electrons. The molecule has 242 valence electrons. The van der Waals surface area contributed by atoms with Crippen molar-refractivity contribution in [3.05, 3.63) is 138 Å². The number of imide groups is 1. The molecular formula is C36H27NO10Te. The number of esters is 3. The first-order chi connectivity index (χ1) is 23.2. The molecule has 12 heteroatoms. The van der Waals surface area contributed by atoms with E-state index in [1.807, 2.05) is 0 Å². The van der Waals surface area contributed by atoms with E-state index in [-0.39, 0.29) is 22.3 Å². The third-order valence-corrected chi connectivity index (χ3v) is 10.3. The second-order valence-electron chi connectivity index (χ2n) is 10.8. The van der Waals surface area contributed by atoms with E-state index in [1.165, 1.54) is 36.4 Å². The first-order valence-corrected chi connectivity index (χ1v) is 17.1. The molecule has 4 aromatic carbocycles. The number of ether oxygens (including phenoxy) is 4. The van der Waals surface area contributed by atoms with Gasteiger partial charge in [0.2, 0.25) is 0 Å². The SMILES string of the molecule is CC(=O)O[C@@H]1O[C@H](C(=O)[Te]c2ccccc2)[C@@H](N2C(=O)c3ccccc3C2=O)[C@H](OC(=O)c2ccccc2)[C@H]1OC(=O)c1ccccc1. The molecule has 0 unspecified atom stereocenters. The van der Waals surface area contributed by atoms with E-state index in [0.717, 1.165) is 15.4 Å². The number of rotatable bonds is 9. The van der Waals surface area contributed by atoms with Crippen molar-refractivity contribution < 1.29 is 47.7 Å². The summed E-state index contributed by atoms with van der Waals surface area (Å²) in [6.45, 7) is 1.09. The molecule has 0 saturated carbocycles. The number of hydrogen-bond acceptors (Lipinski definition) is 10. The Morgan fingerprint density at radius 2 is 1.08 bits per heavy atom. The molecule has 4 aromatic rings. The molecule has 0 spiro atoms. The summed E-state index contributed by atoms with van der Waals surface area (Å²) < 4.78 is 23.7. The number of benzene rings is 4. The van der Waals surface area contributed by atoms with Gasteiger partial charge in [-0.15, -0.1) is 0 Å². The third-order valence-electron chi connectivity index (χ3n) is 7.62. The van der Waals surface area contributed by atoms with Crippen LogP contribution in [0.2, 0.25) is 0 Å². The Labute approximate surface area is 284 Å².